The summed E-state index contributed by atoms with van der Waals surface area (Å²) in [4.78, 5) is 0. The van der Waals surface area contributed by atoms with Gasteiger partial charge in [-0.15, -0.1) is 0 Å². The SMILES string of the molecule is CC#COc1ccc(Oc2cccc(F)c2)cc1. The quantitative estimate of drug-likeness (QED) is 0.758. The Bertz CT molecular complexity index is 579. The molecule has 90 valence electrons. The van der Waals surface area contributed by atoms with Crippen LogP contribution < -0.4 is 9.47 Å². The van der Waals surface area contributed by atoms with Crippen molar-refractivity contribution in [3.8, 4) is 29.3 Å². The fourth-order valence-corrected chi connectivity index (χ4v) is 1.35. The molecule has 0 N–H and O–H groups in total. The Balaban J connectivity index is 2.07. The molecule has 2 aromatic rings. The Morgan fingerprint density at radius 2 is 1.67 bits per heavy atom. The van der Waals surface area contributed by atoms with Gasteiger partial charge in [0.25, 0.3) is 0 Å². The first-order chi connectivity index (χ1) is 8.78. The summed E-state index contributed by atoms with van der Waals surface area (Å²) in [5.74, 6) is 4.00. The Kier molecular flexibility index (Phi) is 3.83. The van der Waals surface area contributed by atoms with Crippen molar-refractivity contribution in [1.82, 2.24) is 0 Å². The molecule has 0 fully saturated rings. The second-order valence-corrected chi connectivity index (χ2v) is 3.48. The second kappa shape index (κ2) is 5.74. The number of hydrogen-bond acceptors (Lipinski definition) is 2. The summed E-state index contributed by atoms with van der Waals surface area (Å²) in [7, 11) is 0. The summed E-state index contributed by atoms with van der Waals surface area (Å²) in [6.07, 6.45) is 2.50. The Morgan fingerprint density at radius 3 is 2.33 bits per heavy atom. The fraction of sp³-hybridized carbons (Fsp3) is 0.0667. The van der Waals surface area contributed by atoms with Crippen LogP contribution in [0.15, 0.2) is 48.5 Å². The first kappa shape index (κ1) is 12.0. The van der Waals surface area contributed by atoms with E-state index >= 15 is 0 Å². The van der Waals surface area contributed by atoms with Crippen molar-refractivity contribution >= 4 is 0 Å². The summed E-state index contributed by atoms with van der Waals surface area (Å²) in [5.41, 5.74) is 0. The van der Waals surface area contributed by atoms with Crippen LogP contribution in [-0.2, 0) is 0 Å². The Morgan fingerprint density at radius 1 is 0.944 bits per heavy atom. The van der Waals surface area contributed by atoms with Crippen LogP contribution in [0.4, 0.5) is 4.39 Å². The largest absolute Gasteiger partial charge is 0.457 e. The molecule has 0 amide bonds. The minimum Gasteiger partial charge on any atom is -0.457 e. The average Bonchev–Trinajstić information content (AvgIpc) is 2.38. The monoisotopic (exact) mass is 242 g/mol. The lowest BCUT2D eigenvalue weighted by molar-refractivity contribution is 0.473. The molecule has 0 aliphatic heterocycles. The maximum atomic E-state index is 13.0. The standard InChI is InChI=1S/C15H11FO2/c1-2-10-17-13-6-8-14(9-7-13)18-15-5-3-4-12(16)11-15/h3-9,11H,1H3. The lowest BCUT2D eigenvalue weighted by Crippen LogP contribution is -1.86. The van der Waals surface area contributed by atoms with E-state index in [1.807, 2.05) is 0 Å². The predicted octanol–water partition coefficient (Wildman–Crippen LogP) is 3.98. The summed E-state index contributed by atoms with van der Waals surface area (Å²) < 4.78 is 23.5. The van der Waals surface area contributed by atoms with Gasteiger partial charge in [-0.05, 0) is 36.4 Å². The molecule has 0 aliphatic carbocycles. The van der Waals surface area contributed by atoms with E-state index in [1.165, 1.54) is 12.1 Å². The maximum Gasteiger partial charge on any atom is 0.140 e. The highest BCUT2D eigenvalue weighted by molar-refractivity contribution is 5.35. The molecule has 0 radical (unpaired) electrons. The van der Waals surface area contributed by atoms with Crippen LogP contribution in [0, 0.1) is 17.8 Å². The van der Waals surface area contributed by atoms with Crippen molar-refractivity contribution in [3.05, 3.63) is 54.3 Å². The Hall–Kier alpha value is -2.47. The van der Waals surface area contributed by atoms with E-state index in [1.54, 1.807) is 43.3 Å². The molecular weight excluding hydrogens is 231 g/mol. The van der Waals surface area contributed by atoms with Crippen molar-refractivity contribution in [2.75, 3.05) is 0 Å². The molecule has 0 saturated heterocycles. The van der Waals surface area contributed by atoms with Crippen molar-refractivity contribution in [2.45, 2.75) is 6.92 Å². The van der Waals surface area contributed by atoms with Crippen molar-refractivity contribution < 1.29 is 13.9 Å². The topological polar surface area (TPSA) is 18.5 Å². The fourth-order valence-electron chi connectivity index (χ4n) is 1.35. The number of halogens is 1. The van der Waals surface area contributed by atoms with Gasteiger partial charge in [-0.2, -0.15) is 0 Å². The molecule has 0 atom stereocenters. The molecule has 0 unspecified atom stereocenters. The van der Waals surface area contributed by atoms with E-state index in [4.69, 9.17) is 9.47 Å². The number of ether oxygens (including phenoxy) is 2. The number of benzene rings is 2. The average molecular weight is 242 g/mol. The zero-order chi connectivity index (χ0) is 12.8. The zero-order valence-electron chi connectivity index (χ0n) is 9.81. The summed E-state index contributed by atoms with van der Waals surface area (Å²) >= 11 is 0. The van der Waals surface area contributed by atoms with E-state index < -0.39 is 0 Å². The van der Waals surface area contributed by atoms with Crippen LogP contribution >= 0.6 is 0 Å². The van der Waals surface area contributed by atoms with Crippen molar-refractivity contribution in [2.24, 2.45) is 0 Å². The Labute approximate surface area is 105 Å². The lowest BCUT2D eigenvalue weighted by Gasteiger charge is -2.05. The van der Waals surface area contributed by atoms with Crippen LogP contribution in [0.2, 0.25) is 0 Å². The first-order valence-corrected chi connectivity index (χ1v) is 5.40. The van der Waals surface area contributed by atoms with Gasteiger partial charge in [0.05, 0.1) is 0 Å². The molecule has 2 rings (SSSR count). The van der Waals surface area contributed by atoms with Crippen LogP contribution in [0.3, 0.4) is 0 Å². The highest BCUT2D eigenvalue weighted by Crippen LogP contribution is 2.24. The molecular formula is C15H11FO2. The van der Waals surface area contributed by atoms with Gasteiger partial charge in [0, 0.05) is 13.0 Å². The molecule has 2 aromatic carbocycles. The van der Waals surface area contributed by atoms with Crippen LogP contribution in [0.25, 0.3) is 0 Å². The van der Waals surface area contributed by atoms with E-state index in [0.717, 1.165) is 0 Å². The van der Waals surface area contributed by atoms with Gasteiger partial charge in [-0.1, -0.05) is 12.0 Å². The van der Waals surface area contributed by atoms with E-state index in [0.29, 0.717) is 17.2 Å². The van der Waals surface area contributed by atoms with Gasteiger partial charge >= 0.3 is 0 Å². The summed E-state index contributed by atoms with van der Waals surface area (Å²) in [5, 5.41) is 0. The predicted molar refractivity (Wildman–Crippen MR) is 67.0 cm³/mol. The normalized spacial score (nSPS) is 9.22. The molecule has 2 nitrogen and oxygen atoms in total. The van der Waals surface area contributed by atoms with Gasteiger partial charge in [-0.3, -0.25) is 0 Å². The zero-order valence-corrected chi connectivity index (χ0v) is 9.81. The van der Waals surface area contributed by atoms with Crippen molar-refractivity contribution in [3.63, 3.8) is 0 Å². The molecule has 0 aliphatic rings. The third-order valence-corrected chi connectivity index (χ3v) is 2.13. The third-order valence-electron chi connectivity index (χ3n) is 2.13. The van der Waals surface area contributed by atoms with E-state index in [9.17, 15) is 4.39 Å². The second-order valence-electron chi connectivity index (χ2n) is 3.48. The molecule has 0 aromatic heterocycles. The van der Waals surface area contributed by atoms with Gasteiger partial charge in [0.15, 0.2) is 0 Å². The number of hydrogen-bond donors (Lipinski definition) is 0. The summed E-state index contributed by atoms with van der Waals surface area (Å²) in [6, 6.07) is 12.9. The highest BCUT2D eigenvalue weighted by Gasteiger charge is 1.99. The van der Waals surface area contributed by atoms with Crippen LogP contribution in [0.5, 0.6) is 17.2 Å². The summed E-state index contributed by atoms with van der Waals surface area (Å²) in [6.45, 7) is 1.70. The molecule has 0 saturated carbocycles. The minimum atomic E-state index is -0.328. The maximum absolute atomic E-state index is 13.0. The molecule has 0 heterocycles. The highest BCUT2D eigenvalue weighted by atomic mass is 19.1. The molecule has 3 heteroatoms. The van der Waals surface area contributed by atoms with Crippen LogP contribution in [-0.4, -0.2) is 0 Å². The minimum absolute atomic E-state index is 0.328. The lowest BCUT2D eigenvalue weighted by atomic mass is 10.3. The van der Waals surface area contributed by atoms with Crippen LogP contribution in [0.1, 0.15) is 6.92 Å². The van der Waals surface area contributed by atoms with E-state index in [2.05, 4.69) is 12.0 Å². The van der Waals surface area contributed by atoms with Gasteiger partial charge in [0.2, 0.25) is 0 Å². The van der Waals surface area contributed by atoms with E-state index in [-0.39, 0.29) is 5.82 Å². The molecule has 0 bridgehead atoms. The molecule has 0 spiro atoms. The molecule has 18 heavy (non-hydrogen) atoms. The van der Waals surface area contributed by atoms with Gasteiger partial charge in [0.1, 0.15) is 29.2 Å². The number of rotatable bonds is 3. The van der Waals surface area contributed by atoms with Crippen molar-refractivity contribution in [1.29, 1.82) is 0 Å². The first-order valence-electron chi connectivity index (χ1n) is 5.40. The third kappa shape index (κ3) is 3.26. The van der Waals surface area contributed by atoms with Gasteiger partial charge in [-0.25, -0.2) is 4.39 Å². The van der Waals surface area contributed by atoms with Gasteiger partial charge < -0.3 is 9.47 Å². The smallest absolute Gasteiger partial charge is 0.140 e.